The van der Waals surface area contributed by atoms with Gasteiger partial charge >= 0.3 is 12.2 Å². The third-order valence-electron chi connectivity index (χ3n) is 11.3. The Morgan fingerprint density at radius 1 is 0.931 bits per heavy atom. The number of nitrogens with one attached hydrogen (secondary N) is 2. The number of hydrogen-bond acceptors (Lipinski definition) is 11. The van der Waals surface area contributed by atoms with Crippen LogP contribution in [-0.4, -0.2) is 98.9 Å². The van der Waals surface area contributed by atoms with Gasteiger partial charge < -0.3 is 24.6 Å². The van der Waals surface area contributed by atoms with Crippen LogP contribution in [-0.2, 0) is 16.6 Å². The second kappa shape index (κ2) is 14.8. The van der Waals surface area contributed by atoms with E-state index in [1.165, 1.54) is 26.0 Å². The van der Waals surface area contributed by atoms with Crippen molar-refractivity contribution >= 4 is 52.1 Å². The van der Waals surface area contributed by atoms with Gasteiger partial charge in [-0.15, -0.1) is 0 Å². The molecule has 6 heterocycles. The molecular weight excluding hydrogens is 761 g/mol. The van der Waals surface area contributed by atoms with E-state index in [1.54, 1.807) is 18.2 Å². The van der Waals surface area contributed by atoms with Crippen LogP contribution in [0.3, 0.4) is 0 Å². The van der Waals surface area contributed by atoms with E-state index in [0.717, 1.165) is 67.5 Å². The number of alkyl halides is 3. The van der Waals surface area contributed by atoms with Crippen molar-refractivity contribution in [1.82, 2.24) is 30.2 Å². The number of benzene rings is 2. The smallest absolute Gasteiger partial charge is 0.433 e. The highest BCUT2D eigenvalue weighted by atomic mass is 19.4. The van der Waals surface area contributed by atoms with Gasteiger partial charge in [0.15, 0.2) is 11.5 Å². The van der Waals surface area contributed by atoms with Crippen LogP contribution < -0.4 is 15.5 Å². The molecule has 58 heavy (non-hydrogen) atoms. The predicted octanol–water partition coefficient (Wildman–Crippen LogP) is 5.27. The average molecular weight is 803 g/mol. The van der Waals surface area contributed by atoms with Crippen LogP contribution in [0.2, 0.25) is 0 Å². The van der Waals surface area contributed by atoms with Crippen molar-refractivity contribution in [2.75, 3.05) is 49.5 Å². The first-order chi connectivity index (χ1) is 27.5. The van der Waals surface area contributed by atoms with Crippen LogP contribution >= 0.6 is 0 Å². The van der Waals surface area contributed by atoms with Crippen LogP contribution in [0.25, 0.3) is 11.1 Å². The fourth-order valence-electron chi connectivity index (χ4n) is 8.25. The number of aromatic nitrogens is 2. The van der Waals surface area contributed by atoms with Gasteiger partial charge in [-0.1, -0.05) is 12.1 Å². The molecule has 3 fully saturated rings. The largest absolute Gasteiger partial charge is 0.440 e. The number of carbonyl (C=O) groups excluding carboxylic acids is 5. The number of amides is 6. The van der Waals surface area contributed by atoms with Gasteiger partial charge in [-0.3, -0.25) is 24.5 Å². The molecule has 0 aliphatic carbocycles. The van der Waals surface area contributed by atoms with Gasteiger partial charge in [-0.05, 0) is 88.9 Å². The fraction of sp³-hybridized carbons (Fsp3) is 0.425. The number of carbonyl (C=O) groups is 5. The summed E-state index contributed by atoms with van der Waals surface area (Å²) < 4.78 is 45.9. The summed E-state index contributed by atoms with van der Waals surface area (Å²) in [7, 11) is 0. The summed E-state index contributed by atoms with van der Waals surface area (Å²) in [5.74, 6) is -1.54. The van der Waals surface area contributed by atoms with E-state index < -0.39 is 52.8 Å². The summed E-state index contributed by atoms with van der Waals surface area (Å²) in [6.07, 6.45) is -1.39. The Kier molecular flexibility index (Phi) is 9.95. The van der Waals surface area contributed by atoms with Crippen molar-refractivity contribution in [2.24, 2.45) is 5.92 Å². The van der Waals surface area contributed by atoms with E-state index in [4.69, 9.17) is 9.40 Å². The molecule has 3 saturated heterocycles. The van der Waals surface area contributed by atoms with Crippen molar-refractivity contribution in [2.45, 2.75) is 63.6 Å². The Balaban J connectivity index is 0.881. The summed E-state index contributed by atoms with van der Waals surface area (Å²) in [4.78, 5) is 76.8. The fourth-order valence-corrected chi connectivity index (χ4v) is 8.25. The molecule has 4 aliphatic rings. The zero-order valence-electron chi connectivity index (χ0n) is 31.8. The van der Waals surface area contributed by atoms with Crippen LogP contribution in [0.4, 0.5) is 29.3 Å². The lowest BCUT2D eigenvalue weighted by atomic mass is 9.92. The Morgan fingerprint density at radius 2 is 1.66 bits per heavy atom. The maximum atomic E-state index is 13.6. The minimum atomic E-state index is -4.72. The van der Waals surface area contributed by atoms with Gasteiger partial charge in [0.2, 0.25) is 5.91 Å². The number of oxazole rings is 1. The number of likely N-dealkylation sites (tertiary alicyclic amines) is 1. The Hall–Kier alpha value is -5.88. The molecule has 15 nitrogen and oxygen atoms in total. The third-order valence-corrected chi connectivity index (χ3v) is 11.3. The molecule has 8 rings (SSSR count). The molecule has 4 aromatic rings. The second-order valence-corrected chi connectivity index (χ2v) is 15.7. The van der Waals surface area contributed by atoms with Gasteiger partial charge in [0.25, 0.3) is 17.7 Å². The second-order valence-electron chi connectivity index (χ2n) is 15.7. The maximum absolute atomic E-state index is 13.6. The van der Waals surface area contributed by atoms with Crippen molar-refractivity contribution in [3.63, 3.8) is 0 Å². The quantitative estimate of drug-likeness (QED) is 0.198. The molecule has 0 unspecified atom stereocenters. The maximum Gasteiger partial charge on any atom is 0.433 e. The van der Waals surface area contributed by atoms with Crippen molar-refractivity contribution in [3.8, 4) is 0 Å². The zero-order valence-corrected chi connectivity index (χ0v) is 31.8. The Bertz CT molecular complexity index is 2320. The van der Waals surface area contributed by atoms with E-state index >= 15 is 0 Å². The SMILES string of the molecule is CC(C)(O)c1cc2nc(C3CCN(CC4CCN(c5cccc6c5C(=O)N(N5CCC(=O)NC5=O)C6=O)CC4)CC3)oc2cc1NC(=O)c1cccc(C(F)(F)F)n1. The lowest BCUT2D eigenvalue weighted by molar-refractivity contribution is -0.141. The van der Waals surface area contributed by atoms with Crippen molar-refractivity contribution in [1.29, 1.82) is 0 Å². The molecule has 0 bridgehead atoms. The van der Waals surface area contributed by atoms with E-state index in [-0.39, 0.29) is 35.7 Å². The number of aliphatic hydroxyl groups is 1. The van der Waals surface area contributed by atoms with E-state index in [9.17, 15) is 42.3 Å². The molecule has 6 amide bonds. The number of rotatable bonds is 8. The van der Waals surface area contributed by atoms with Crippen molar-refractivity contribution in [3.05, 3.63) is 82.5 Å². The number of halogens is 3. The highest BCUT2D eigenvalue weighted by Crippen LogP contribution is 2.38. The molecule has 4 aliphatic heterocycles. The molecule has 3 N–H and O–H groups in total. The molecule has 304 valence electrons. The van der Waals surface area contributed by atoms with Gasteiger partial charge in [0.1, 0.15) is 16.9 Å². The lowest BCUT2D eigenvalue weighted by Gasteiger charge is -2.38. The first-order valence-corrected chi connectivity index (χ1v) is 19.2. The lowest BCUT2D eigenvalue weighted by Crippen LogP contribution is -2.58. The topological polar surface area (TPSA) is 182 Å². The van der Waals surface area contributed by atoms with Gasteiger partial charge in [0.05, 0.1) is 34.6 Å². The number of piperidine rings is 2. The standard InChI is InChI=1S/C40H41F3N8O7/c1-39(2,57)25-19-28-30(20-27(25)45-34(53)26-6-4-8-31(44-26)40(41,42)43)58-35(46-28)23-11-14-48(15-12-23)21-22-9-16-49(17-10-22)29-7-3-5-24-33(29)37(55)51(36(24)54)50-18-13-32(52)47-38(50)56/h3-8,19-20,22-23,57H,9-18,21H2,1-2H3,(H,45,53)(H,47,52,56). The molecule has 2 aromatic heterocycles. The predicted molar refractivity (Wildman–Crippen MR) is 202 cm³/mol. The molecule has 0 atom stereocenters. The summed E-state index contributed by atoms with van der Waals surface area (Å²) in [6.45, 7) is 6.90. The summed E-state index contributed by atoms with van der Waals surface area (Å²) in [6, 6.07) is 10.5. The van der Waals surface area contributed by atoms with Crippen LogP contribution in [0.5, 0.6) is 0 Å². The van der Waals surface area contributed by atoms with Gasteiger partial charge in [0, 0.05) is 43.6 Å². The number of imide groups is 2. The van der Waals surface area contributed by atoms with E-state index in [2.05, 4.69) is 25.4 Å². The third kappa shape index (κ3) is 7.48. The summed E-state index contributed by atoms with van der Waals surface area (Å²) in [5.41, 5.74) is -0.598. The zero-order chi connectivity index (χ0) is 41.1. The number of anilines is 2. The van der Waals surface area contributed by atoms with Crippen LogP contribution in [0.15, 0.2) is 52.9 Å². The molecule has 18 heteroatoms. The molecule has 2 aromatic carbocycles. The van der Waals surface area contributed by atoms with Crippen molar-refractivity contribution < 1.29 is 46.7 Å². The normalized spacial score (nSPS) is 19.0. The summed E-state index contributed by atoms with van der Waals surface area (Å²) in [5, 5.41) is 17.5. The number of hydrogen-bond donors (Lipinski definition) is 3. The van der Waals surface area contributed by atoms with Gasteiger partial charge in [-0.2, -0.15) is 18.2 Å². The Morgan fingerprint density at radius 3 is 2.34 bits per heavy atom. The molecular formula is C40H41F3N8O7. The number of hydrazine groups is 1. The van der Waals surface area contributed by atoms with E-state index in [0.29, 0.717) is 47.2 Å². The van der Waals surface area contributed by atoms with Crippen LogP contribution in [0, 0.1) is 5.92 Å². The first-order valence-electron chi connectivity index (χ1n) is 19.2. The van der Waals surface area contributed by atoms with Crippen LogP contribution in [0.1, 0.15) is 100 Å². The highest BCUT2D eigenvalue weighted by molar-refractivity contribution is 6.24. The highest BCUT2D eigenvalue weighted by Gasteiger charge is 2.45. The number of fused-ring (bicyclic) bond motifs is 2. The molecule has 0 radical (unpaired) electrons. The average Bonchev–Trinajstić information content (AvgIpc) is 3.72. The monoisotopic (exact) mass is 802 g/mol. The Labute approximate surface area is 330 Å². The first kappa shape index (κ1) is 39.0. The number of pyridine rings is 1. The van der Waals surface area contributed by atoms with E-state index in [1.807, 2.05) is 6.07 Å². The molecule has 0 saturated carbocycles. The summed E-state index contributed by atoms with van der Waals surface area (Å²) >= 11 is 0. The molecule has 0 spiro atoms. The van der Waals surface area contributed by atoms with Gasteiger partial charge in [-0.25, -0.2) is 19.8 Å². The number of urea groups is 1. The minimum absolute atomic E-state index is 0.0143. The number of nitrogens with zero attached hydrogens (tertiary/aromatic N) is 6. The minimum Gasteiger partial charge on any atom is -0.440 e.